The fourth-order valence-electron chi connectivity index (χ4n) is 3.59. The first-order chi connectivity index (χ1) is 14.0. The number of benzene rings is 3. The monoisotopic (exact) mass is 470 g/mol. The van der Waals surface area contributed by atoms with Gasteiger partial charge in [0.05, 0.1) is 0 Å². The van der Waals surface area contributed by atoms with Gasteiger partial charge >= 0.3 is 180 Å². The first-order valence-electron chi connectivity index (χ1n) is 9.25. The Balaban J connectivity index is 2.39. The van der Waals surface area contributed by atoms with Crippen molar-refractivity contribution in [1.29, 1.82) is 0 Å². The summed E-state index contributed by atoms with van der Waals surface area (Å²) < 4.78 is 10.5. The molecule has 0 aliphatic rings. The summed E-state index contributed by atoms with van der Waals surface area (Å²) in [6.07, 6.45) is 1.92. The van der Waals surface area contributed by atoms with Crippen LogP contribution in [0.1, 0.15) is 0 Å². The van der Waals surface area contributed by atoms with Crippen LogP contribution in [0.25, 0.3) is 0 Å². The molecule has 0 fully saturated rings. The molecule has 0 saturated carbocycles. The van der Waals surface area contributed by atoms with Gasteiger partial charge in [-0.15, -0.1) is 0 Å². The summed E-state index contributed by atoms with van der Waals surface area (Å²) in [5.74, 6) is 0.122. The number of carbonyl (C=O) groups is 1. The number of methoxy groups -OCH3 is 2. The van der Waals surface area contributed by atoms with Gasteiger partial charge in [0, 0.05) is 0 Å². The van der Waals surface area contributed by atoms with E-state index >= 15 is 0 Å². The van der Waals surface area contributed by atoms with E-state index in [2.05, 4.69) is 51.9 Å². The summed E-state index contributed by atoms with van der Waals surface area (Å²) >= 11 is 4.33. The van der Waals surface area contributed by atoms with Crippen molar-refractivity contribution < 1.29 is 14.3 Å². The first kappa shape index (κ1) is 21.3. The molecule has 0 unspecified atom stereocenters. The van der Waals surface area contributed by atoms with Crippen molar-refractivity contribution in [3.63, 3.8) is 0 Å². The normalized spacial score (nSPS) is 13.2. The van der Waals surface area contributed by atoms with E-state index in [1.807, 2.05) is 54.6 Å². The Kier molecular flexibility index (Phi) is 6.56. The Morgan fingerprint density at radius 3 is 1.45 bits per heavy atom. The number of rotatable bonds is 7. The fraction of sp³-hybridized carbons (Fsp3) is 0.125. The van der Waals surface area contributed by atoms with Gasteiger partial charge in [-0.05, 0) is 0 Å². The van der Waals surface area contributed by atoms with Crippen LogP contribution in [0, 0.1) is 0 Å². The van der Waals surface area contributed by atoms with E-state index in [9.17, 15) is 4.79 Å². The molecular formula is C24H24BrO3P. The summed E-state index contributed by atoms with van der Waals surface area (Å²) in [6, 6.07) is 31.1. The number of allylic oxidation sites excluding steroid dienone is 1. The maximum absolute atomic E-state index is 12.0. The van der Waals surface area contributed by atoms with Crippen LogP contribution in [0.3, 0.4) is 0 Å². The molecule has 0 saturated heterocycles. The molecule has 5 heteroatoms. The van der Waals surface area contributed by atoms with Crippen LogP contribution in [-0.2, 0) is 14.3 Å². The molecule has 3 nitrogen and oxygen atoms in total. The second kappa shape index (κ2) is 8.94. The summed E-state index contributed by atoms with van der Waals surface area (Å²) in [7, 11) is 2.95. The number of esters is 1. The molecule has 29 heavy (non-hydrogen) atoms. The predicted molar refractivity (Wildman–Crippen MR) is 126 cm³/mol. The molecule has 0 amide bonds. The maximum atomic E-state index is 12.0. The Hall–Kier alpha value is -2.42. The van der Waals surface area contributed by atoms with Crippen LogP contribution in [0.15, 0.2) is 103 Å². The summed E-state index contributed by atoms with van der Waals surface area (Å²) in [4.78, 5) is 12.0. The van der Waals surface area contributed by atoms with Crippen LogP contribution in [0.4, 0.5) is 0 Å². The van der Waals surface area contributed by atoms with Crippen LogP contribution in [0.2, 0.25) is 0 Å². The van der Waals surface area contributed by atoms with Crippen LogP contribution >= 0.6 is 20.8 Å². The zero-order chi connectivity index (χ0) is 20.8. The summed E-state index contributed by atoms with van der Waals surface area (Å²) in [5.41, 5.74) is 0. The molecule has 0 aromatic heterocycles. The van der Waals surface area contributed by atoms with Crippen molar-refractivity contribution in [3.8, 4) is 0 Å². The zero-order valence-corrected chi connectivity index (χ0v) is 19.0. The number of ether oxygens (including phenoxy) is 2. The average molecular weight is 471 g/mol. The molecule has 0 N–H and O–H groups in total. The molecule has 0 bridgehead atoms. The molecule has 3 rings (SSSR count). The van der Waals surface area contributed by atoms with Crippen molar-refractivity contribution in [1.82, 2.24) is 0 Å². The molecular weight excluding hydrogens is 447 g/mol. The van der Waals surface area contributed by atoms with Crippen LogP contribution in [-0.4, -0.2) is 26.4 Å². The van der Waals surface area contributed by atoms with E-state index in [4.69, 9.17) is 9.47 Å². The summed E-state index contributed by atoms with van der Waals surface area (Å²) in [6.45, 7) is 0. The molecule has 0 heterocycles. The van der Waals surface area contributed by atoms with E-state index in [1.54, 1.807) is 7.11 Å². The minimum absolute atomic E-state index is 0.436. The second-order valence-electron chi connectivity index (χ2n) is 6.69. The van der Waals surface area contributed by atoms with Crippen LogP contribution < -0.4 is 15.9 Å². The molecule has 150 valence electrons. The first-order valence-corrected chi connectivity index (χ1v) is 13.7. The van der Waals surface area contributed by atoms with Gasteiger partial charge in [0.25, 0.3) is 0 Å². The van der Waals surface area contributed by atoms with Crippen LogP contribution in [0.5, 0.6) is 0 Å². The third-order valence-electron chi connectivity index (χ3n) is 5.08. The second-order valence-corrected chi connectivity index (χ2v) is 15.6. The molecule has 0 radical (unpaired) electrons. The van der Waals surface area contributed by atoms with Gasteiger partial charge < -0.3 is 0 Å². The van der Waals surface area contributed by atoms with Gasteiger partial charge in [-0.1, -0.05) is 0 Å². The number of hydrogen-bond acceptors (Lipinski definition) is 3. The van der Waals surface area contributed by atoms with E-state index in [0.717, 1.165) is 15.9 Å². The van der Waals surface area contributed by atoms with E-state index in [0.29, 0.717) is 11.9 Å². The summed E-state index contributed by atoms with van der Waals surface area (Å²) in [5, 5.41) is 0.276. The van der Waals surface area contributed by atoms with Crippen molar-refractivity contribution in [2.75, 3.05) is 20.4 Å². The van der Waals surface area contributed by atoms with E-state index in [-0.39, 0.29) is 0 Å². The fourth-order valence-corrected chi connectivity index (χ4v) is 11.1. The Morgan fingerprint density at radius 1 is 0.759 bits per heavy atom. The topological polar surface area (TPSA) is 35.5 Å². The van der Waals surface area contributed by atoms with Gasteiger partial charge in [0.2, 0.25) is 0 Å². The standard InChI is InChI=1S/C24H24BrO3P/c1-27-20(18-24(26)28-2)19-29(25,21-12-6-3-7-13-21,22-14-8-4-9-15-22)23-16-10-5-11-17-23/h3-18H,19H2,1-2H3. The number of carbonyl (C=O) groups excluding carboxylic acids is 1. The van der Waals surface area contributed by atoms with E-state index in [1.165, 1.54) is 13.2 Å². The SMILES string of the molecule is COC(=O)C=C(CP(Br)(c1ccccc1)(c1ccccc1)c1ccccc1)OC. The molecule has 0 atom stereocenters. The van der Waals surface area contributed by atoms with Gasteiger partial charge in [0.15, 0.2) is 0 Å². The molecule has 0 spiro atoms. The van der Waals surface area contributed by atoms with Gasteiger partial charge in [-0.25, -0.2) is 0 Å². The Labute approximate surface area is 180 Å². The Bertz CT molecular complexity index is 889. The van der Waals surface area contributed by atoms with Crippen molar-refractivity contribution in [2.45, 2.75) is 0 Å². The van der Waals surface area contributed by atoms with Crippen molar-refractivity contribution in [3.05, 3.63) is 103 Å². The Morgan fingerprint density at radius 2 is 1.14 bits per heavy atom. The molecule has 3 aromatic rings. The third-order valence-corrected chi connectivity index (χ3v) is 14.5. The predicted octanol–water partition coefficient (Wildman–Crippen LogP) is 4.53. The minimum atomic E-state index is -3.19. The molecule has 3 aromatic carbocycles. The van der Waals surface area contributed by atoms with E-state index < -0.39 is 11.3 Å². The van der Waals surface area contributed by atoms with Gasteiger partial charge in [-0.2, -0.15) is 0 Å². The quantitative estimate of drug-likeness (QED) is 0.220. The van der Waals surface area contributed by atoms with Crippen molar-refractivity contribution >= 4 is 42.7 Å². The van der Waals surface area contributed by atoms with Crippen molar-refractivity contribution in [2.24, 2.45) is 0 Å². The number of hydrogen-bond donors (Lipinski definition) is 0. The van der Waals surface area contributed by atoms with Gasteiger partial charge in [-0.3, -0.25) is 0 Å². The average Bonchev–Trinajstić information content (AvgIpc) is 2.80. The third kappa shape index (κ3) is 4.01. The number of halogens is 1. The molecule has 0 aliphatic carbocycles. The zero-order valence-electron chi connectivity index (χ0n) is 16.5. The van der Waals surface area contributed by atoms with Gasteiger partial charge in [0.1, 0.15) is 0 Å². The molecule has 0 aliphatic heterocycles.